The average Bonchev–Trinajstić information content (AvgIpc) is 3.80. The summed E-state index contributed by atoms with van der Waals surface area (Å²) in [5, 5.41) is 2.81. The molecule has 1 aromatic carbocycles. The van der Waals surface area contributed by atoms with Crippen LogP contribution in [0.2, 0.25) is 0 Å². The van der Waals surface area contributed by atoms with Crippen molar-refractivity contribution in [2.75, 3.05) is 29.9 Å². The highest BCUT2D eigenvalue weighted by molar-refractivity contribution is 5.98. The number of piperazine rings is 1. The van der Waals surface area contributed by atoms with Crippen molar-refractivity contribution in [2.24, 2.45) is 0 Å². The van der Waals surface area contributed by atoms with E-state index in [0.29, 0.717) is 25.2 Å². The number of hydrogen-bond donors (Lipinski definition) is 1. The van der Waals surface area contributed by atoms with Crippen molar-refractivity contribution in [3.63, 3.8) is 0 Å². The van der Waals surface area contributed by atoms with Crippen LogP contribution in [0, 0.1) is 11.6 Å². The first-order valence-electron chi connectivity index (χ1n) is 14.2. The van der Waals surface area contributed by atoms with E-state index < -0.39 is 29.8 Å². The van der Waals surface area contributed by atoms with Gasteiger partial charge in [0.15, 0.2) is 18.1 Å². The van der Waals surface area contributed by atoms with E-state index in [2.05, 4.69) is 26.8 Å². The van der Waals surface area contributed by atoms with Crippen molar-refractivity contribution in [1.29, 1.82) is 0 Å². The molecule has 1 aliphatic carbocycles. The number of halogens is 2. The molecular weight excluding hydrogens is 572 g/mol. The Morgan fingerprint density at radius 1 is 1.14 bits per heavy atom. The summed E-state index contributed by atoms with van der Waals surface area (Å²) in [5.41, 5.74) is -0.735. The molecule has 0 unspecified atom stereocenters. The van der Waals surface area contributed by atoms with Crippen LogP contribution in [0.5, 0.6) is 5.75 Å². The van der Waals surface area contributed by atoms with Gasteiger partial charge >= 0.3 is 5.69 Å². The van der Waals surface area contributed by atoms with E-state index in [-0.39, 0.29) is 69.1 Å². The first-order valence-corrected chi connectivity index (χ1v) is 14.2. The quantitative estimate of drug-likeness (QED) is 0.355. The zero-order valence-electron chi connectivity index (χ0n) is 23.9. The molecule has 3 aromatic heterocycles. The standard InChI is InChI=1S/C31H27F2N7O4/c1-4-24(42)38-10-11-39(21-13-20(21)38)29-16-12-18(33)27-25-17(32)6-5-7-19(25)35-23(41)14-44-22-8-9-34-26(15(2)3)28(22)40(30(16)36-27)31(43)37-29/h4-9,12,15,20-21H,1,10-11,13-14H2,2-3H3,(H,35,41)/t20-,21+/m1/s1. The summed E-state index contributed by atoms with van der Waals surface area (Å²) in [4.78, 5) is 56.5. The number of hydrogen-bond acceptors (Lipinski definition) is 8. The number of fused-ring (bicyclic) bond motifs is 6. The number of carbonyl (C=O) groups excluding carboxylic acids is 2. The molecule has 0 spiro atoms. The summed E-state index contributed by atoms with van der Waals surface area (Å²) in [6.45, 7) is 7.57. The third-order valence-electron chi connectivity index (χ3n) is 8.21. The highest BCUT2D eigenvalue weighted by Gasteiger charge is 2.51. The number of benzene rings is 1. The van der Waals surface area contributed by atoms with Crippen molar-refractivity contribution >= 4 is 34.4 Å². The fraction of sp³-hybridized carbons (Fsp3) is 0.290. The van der Waals surface area contributed by atoms with Crippen LogP contribution in [0.1, 0.15) is 31.9 Å². The average molecular weight is 600 g/mol. The van der Waals surface area contributed by atoms with Gasteiger partial charge in [0.05, 0.1) is 34.4 Å². The maximum absolute atomic E-state index is 16.1. The van der Waals surface area contributed by atoms with Crippen molar-refractivity contribution in [3.8, 4) is 22.7 Å². The Kier molecular flexibility index (Phi) is 6.41. The first kappa shape index (κ1) is 27.6. The van der Waals surface area contributed by atoms with Crippen molar-refractivity contribution in [2.45, 2.75) is 38.3 Å². The Balaban J connectivity index is 1.54. The first-order chi connectivity index (χ1) is 21.2. The number of carbonyl (C=O) groups is 2. The third kappa shape index (κ3) is 4.29. The largest absolute Gasteiger partial charge is 0.481 e. The van der Waals surface area contributed by atoms with Crippen LogP contribution < -0.4 is 20.6 Å². The van der Waals surface area contributed by atoms with Gasteiger partial charge in [0.25, 0.3) is 5.91 Å². The number of nitrogens with one attached hydrogen (secondary N) is 1. The molecule has 0 radical (unpaired) electrons. The molecule has 1 N–H and O–H groups in total. The zero-order valence-corrected chi connectivity index (χ0v) is 23.9. The number of ether oxygens (including phenoxy) is 1. The van der Waals surface area contributed by atoms with Gasteiger partial charge in [-0.15, -0.1) is 0 Å². The van der Waals surface area contributed by atoms with Gasteiger partial charge in [-0.05, 0) is 36.6 Å². The van der Waals surface area contributed by atoms with E-state index in [1.807, 2.05) is 18.7 Å². The molecule has 1 saturated heterocycles. The number of rotatable bonds is 3. The molecule has 11 nitrogen and oxygen atoms in total. The maximum atomic E-state index is 16.1. The summed E-state index contributed by atoms with van der Waals surface area (Å²) in [7, 11) is 0. The lowest BCUT2D eigenvalue weighted by Gasteiger charge is -2.35. The molecule has 7 rings (SSSR count). The van der Waals surface area contributed by atoms with E-state index in [1.165, 1.54) is 41.1 Å². The zero-order chi connectivity index (χ0) is 30.9. The molecule has 13 heteroatoms. The Morgan fingerprint density at radius 2 is 1.95 bits per heavy atom. The van der Waals surface area contributed by atoms with Gasteiger partial charge in [-0.25, -0.2) is 23.1 Å². The highest BCUT2D eigenvalue weighted by Crippen LogP contribution is 2.42. The number of amides is 2. The van der Waals surface area contributed by atoms with Crippen molar-refractivity contribution in [1.82, 2.24) is 24.4 Å². The van der Waals surface area contributed by atoms with Crippen LogP contribution in [0.15, 0.2) is 54.0 Å². The fourth-order valence-corrected chi connectivity index (χ4v) is 6.15. The van der Waals surface area contributed by atoms with E-state index in [1.54, 1.807) is 4.90 Å². The topological polar surface area (TPSA) is 123 Å². The molecular formula is C31H27F2N7O4. The van der Waals surface area contributed by atoms with E-state index in [9.17, 15) is 14.4 Å². The van der Waals surface area contributed by atoms with Gasteiger partial charge in [-0.1, -0.05) is 26.5 Å². The van der Waals surface area contributed by atoms with Gasteiger partial charge < -0.3 is 19.9 Å². The molecule has 2 aliphatic heterocycles. The summed E-state index contributed by atoms with van der Waals surface area (Å²) in [6.07, 6.45) is 3.43. The van der Waals surface area contributed by atoms with Gasteiger partial charge in [0.1, 0.15) is 28.8 Å². The fourth-order valence-electron chi connectivity index (χ4n) is 6.15. The van der Waals surface area contributed by atoms with Gasteiger partial charge in [0.2, 0.25) is 5.91 Å². The van der Waals surface area contributed by atoms with Crippen LogP contribution in [0.25, 0.3) is 28.0 Å². The second-order valence-corrected chi connectivity index (χ2v) is 11.2. The lowest BCUT2D eigenvalue weighted by atomic mass is 10.1. The Labute approximate surface area is 249 Å². The van der Waals surface area contributed by atoms with Gasteiger partial charge in [-0.2, -0.15) is 4.98 Å². The van der Waals surface area contributed by atoms with Crippen LogP contribution in [-0.4, -0.2) is 68.0 Å². The predicted octanol–water partition coefficient (Wildman–Crippen LogP) is 3.55. The molecule has 2 fully saturated rings. The molecule has 2 amide bonds. The summed E-state index contributed by atoms with van der Waals surface area (Å²) >= 11 is 0. The molecule has 5 heterocycles. The third-order valence-corrected chi connectivity index (χ3v) is 8.21. The monoisotopic (exact) mass is 599 g/mol. The van der Waals surface area contributed by atoms with Gasteiger partial charge in [-0.3, -0.25) is 14.6 Å². The Bertz CT molecular complexity index is 1960. The van der Waals surface area contributed by atoms with Crippen LogP contribution in [-0.2, 0) is 9.59 Å². The molecule has 44 heavy (non-hydrogen) atoms. The van der Waals surface area contributed by atoms with Crippen molar-refractivity contribution in [3.05, 3.63) is 77.0 Å². The minimum Gasteiger partial charge on any atom is -0.481 e. The summed E-state index contributed by atoms with van der Waals surface area (Å²) in [6, 6.07) is 6.43. The molecule has 4 aromatic rings. The summed E-state index contributed by atoms with van der Waals surface area (Å²) in [5.74, 6) is -2.32. The Hall–Kier alpha value is -5.20. The second-order valence-electron chi connectivity index (χ2n) is 11.2. The number of nitrogens with zero attached hydrogens (tertiary/aromatic N) is 6. The van der Waals surface area contributed by atoms with Gasteiger partial charge in [0, 0.05) is 25.4 Å². The SMILES string of the molecule is C=CC(=O)N1CCN(c2nc(=O)n3c4nc(c(F)cc24)-c2c(F)cccc2NC(=O)COc2ccnc(C(C)C)c2-3)[C@H]2C[C@H]21. The van der Waals surface area contributed by atoms with E-state index in [0.717, 1.165) is 6.07 Å². The molecule has 3 aliphatic rings. The number of aromatic nitrogens is 4. The molecule has 2 atom stereocenters. The van der Waals surface area contributed by atoms with Crippen LogP contribution >= 0.6 is 0 Å². The highest BCUT2D eigenvalue weighted by atomic mass is 19.1. The maximum Gasteiger partial charge on any atom is 0.356 e. The summed E-state index contributed by atoms with van der Waals surface area (Å²) < 4.78 is 38.6. The van der Waals surface area contributed by atoms with Crippen LogP contribution in [0.3, 0.4) is 0 Å². The lowest BCUT2D eigenvalue weighted by Crippen LogP contribution is -2.49. The normalized spacial score (nSPS) is 18.9. The minimum absolute atomic E-state index is 0.00486. The van der Waals surface area contributed by atoms with E-state index >= 15 is 8.78 Å². The lowest BCUT2D eigenvalue weighted by molar-refractivity contribution is -0.127. The second kappa shape index (κ2) is 10.2. The Morgan fingerprint density at radius 3 is 2.73 bits per heavy atom. The number of pyridine rings is 2. The minimum atomic E-state index is -0.872. The van der Waals surface area contributed by atoms with Crippen LogP contribution in [0.4, 0.5) is 20.3 Å². The van der Waals surface area contributed by atoms with Crippen molar-refractivity contribution < 1.29 is 23.1 Å². The number of anilines is 2. The van der Waals surface area contributed by atoms with E-state index in [4.69, 9.17) is 4.74 Å². The molecule has 2 bridgehead atoms. The predicted molar refractivity (Wildman–Crippen MR) is 158 cm³/mol. The molecule has 1 saturated carbocycles. The molecule has 224 valence electrons. The smallest absolute Gasteiger partial charge is 0.356 e.